The molecule has 4 rings (SSSR count). The molecular weight excluding hydrogens is 420 g/mol. The number of benzene rings is 1. The fourth-order valence-corrected chi connectivity index (χ4v) is 6.47. The molecule has 30 heavy (non-hydrogen) atoms. The van der Waals surface area contributed by atoms with Crippen LogP contribution in [-0.2, 0) is 10.0 Å². The van der Waals surface area contributed by atoms with Gasteiger partial charge in [0.1, 0.15) is 0 Å². The van der Waals surface area contributed by atoms with E-state index in [1.807, 2.05) is 19.9 Å². The highest BCUT2D eigenvalue weighted by molar-refractivity contribution is 7.89. The second kappa shape index (κ2) is 8.09. The van der Waals surface area contributed by atoms with Gasteiger partial charge in [-0.15, -0.1) is 11.3 Å². The minimum Gasteiger partial charge on any atom is -0.478 e. The Balaban J connectivity index is 1.84. The number of sulfonamides is 1. The number of rotatable bonds is 4. The fourth-order valence-electron chi connectivity index (χ4n) is 4.00. The largest absolute Gasteiger partial charge is 0.478 e. The first kappa shape index (κ1) is 21.0. The van der Waals surface area contributed by atoms with Gasteiger partial charge in [0.25, 0.3) is 0 Å². The average molecular weight is 445 g/mol. The Morgan fingerprint density at radius 2 is 1.77 bits per heavy atom. The van der Waals surface area contributed by atoms with Gasteiger partial charge in [-0.1, -0.05) is 12.8 Å². The predicted molar refractivity (Wildman–Crippen MR) is 119 cm³/mol. The van der Waals surface area contributed by atoms with Gasteiger partial charge in [0, 0.05) is 33.8 Å². The van der Waals surface area contributed by atoms with E-state index in [9.17, 15) is 18.3 Å². The first-order valence-electron chi connectivity index (χ1n) is 10.0. The summed E-state index contributed by atoms with van der Waals surface area (Å²) in [5.41, 5.74) is 2.03. The second-order valence-electron chi connectivity index (χ2n) is 7.68. The summed E-state index contributed by atoms with van der Waals surface area (Å²) in [7, 11) is -3.67. The number of aryl methyl sites for hydroxylation is 2. The number of carbonyl (C=O) groups is 1. The van der Waals surface area contributed by atoms with Gasteiger partial charge < -0.3 is 5.11 Å². The minimum atomic E-state index is -3.67. The molecule has 0 radical (unpaired) electrons. The summed E-state index contributed by atoms with van der Waals surface area (Å²) >= 11 is 1.63. The van der Waals surface area contributed by atoms with Gasteiger partial charge in [0.05, 0.1) is 21.7 Å². The molecule has 1 saturated heterocycles. The number of thiophene rings is 1. The van der Waals surface area contributed by atoms with Crippen LogP contribution in [0.1, 0.15) is 45.8 Å². The van der Waals surface area contributed by atoms with Crippen molar-refractivity contribution in [3.05, 3.63) is 45.6 Å². The van der Waals surface area contributed by atoms with Crippen molar-refractivity contribution >= 4 is 38.2 Å². The van der Waals surface area contributed by atoms with Crippen molar-refractivity contribution in [2.24, 2.45) is 0 Å². The number of hydrogen-bond acceptors (Lipinski definition) is 5. The van der Waals surface area contributed by atoms with Crippen molar-refractivity contribution in [2.75, 3.05) is 13.1 Å². The van der Waals surface area contributed by atoms with E-state index in [-0.39, 0.29) is 10.5 Å². The van der Waals surface area contributed by atoms with Crippen LogP contribution < -0.4 is 0 Å². The molecule has 3 aromatic rings. The molecule has 2 aromatic heterocycles. The van der Waals surface area contributed by atoms with Crippen LogP contribution in [0.4, 0.5) is 0 Å². The number of fused-ring (bicyclic) bond motifs is 1. The molecule has 1 fully saturated rings. The summed E-state index contributed by atoms with van der Waals surface area (Å²) in [6.45, 7) is 4.98. The summed E-state index contributed by atoms with van der Waals surface area (Å²) in [5, 5.41) is 10.2. The summed E-state index contributed by atoms with van der Waals surface area (Å²) in [6.07, 6.45) is 3.75. The summed E-state index contributed by atoms with van der Waals surface area (Å²) in [5.74, 6) is -1.10. The Bertz CT molecular complexity index is 1220. The van der Waals surface area contributed by atoms with Gasteiger partial charge in [-0.3, -0.25) is 0 Å². The number of hydrogen-bond donors (Lipinski definition) is 1. The molecular formula is C22H24N2O4S2. The number of carboxylic acid groups (broad SMARTS) is 1. The van der Waals surface area contributed by atoms with E-state index < -0.39 is 16.0 Å². The van der Waals surface area contributed by atoms with Gasteiger partial charge >= 0.3 is 5.97 Å². The van der Waals surface area contributed by atoms with Crippen molar-refractivity contribution in [3.8, 4) is 11.3 Å². The van der Waals surface area contributed by atoms with Crippen molar-refractivity contribution in [1.29, 1.82) is 0 Å². The standard InChI is InChI=1S/C22H24N2O4S2/c1-14-11-17(15(2)29-14)21-13-19(22(25)26)18-12-16(7-8-20(18)23-21)30(27,28)24-9-5-3-4-6-10-24/h7-8,11-13H,3-6,9-10H2,1-2H3,(H,25,26). The van der Waals surface area contributed by atoms with Crippen molar-refractivity contribution < 1.29 is 18.3 Å². The van der Waals surface area contributed by atoms with Crippen LogP contribution in [0, 0.1) is 13.8 Å². The normalized spacial score (nSPS) is 15.9. The molecule has 0 bridgehead atoms. The molecule has 1 N–H and O–H groups in total. The quantitative estimate of drug-likeness (QED) is 0.622. The van der Waals surface area contributed by atoms with E-state index in [1.54, 1.807) is 23.5 Å². The Morgan fingerprint density at radius 3 is 2.37 bits per heavy atom. The smallest absolute Gasteiger partial charge is 0.336 e. The Morgan fingerprint density at radius 1 is 1.07 bits per heavy atom. The topological polar surface area (TPSA) is 87.6 Å². The summed E-state index contributed by atoms with van der Waals surface area (Å²) in [4.78, 5) is 19.0. The third-order valence-electron chi connectivity index (χ3n) is 5.53. The number of aromatic carboxylic acids is 1. The first-order valence-corrected chi connectivity index (χ1v) is 12.3. The van der Waals surface area contributed by atoms with Crippen molar-refractivity contribution in [2.45, 2.75) is 44.4 Å². The average Bonchev–Trinajstić information content (AvgIpc) is 2.90. The maximum absolute atomic E-state index is 13.2. The third kappa shape index (κ3) is 3.87. The SMILES string of the molecule is Cc1cc(-c2cc(C(=O)O)c3cc(S(=O)(=O)N4CCCCCC4)ccc3n2)c(C)s1. The van der Waals surface area contributed by atoms with Gasteiger partial charge in [-0.25, -0.2) is 18.2 Å². The highest BCUT2D eigenvalue weighted by atomic mass is 32.2. The van der Waals surface area contributed by atoms with Crippen LogP contribution in [0.3, 0.4) is 0 Å². The minimum absolute atomic E-state index is 0.0613. The van der Waals surface area contributed by atoms with Gasteiger partial charge in [0.15, 0.2) is 0 Å². The second-order valence-corrected chi connectivity index (χ2v) is 11.1. The molecule has 0 atom stereocenters. The molecule has 1 aliphatic rings. The van der Waals surface area contributed by atoms with E-state index in [0.29, 0.717) is 29.7 Å². The molecule has 0 saturated carbocycles. The zero-order valence-corrected chi connectivity index (χ0v) is 18.6. The lowest BCUT2D eigenvalue weighted by molar-refractivity contribution is 0.0699. The summed E-state index contributed by atoms with van der Waals surface area (Å²) < 4.78 is 27.8. The van der Waals surface area contributed by atoms with E-state index >= 15 is 0 Å². The molecule has 3 heterocycles. The maximum atomic E-state index is 13.2. The Kier molecular flexibility index (Phi) is 5.65. The lowest BCUT2D eigenvalue weighted by Gasteiger charge is -2.20. The van der Waals surface area contributed by atoms with Crippen LogP contribution in [0.15, 0.2) is 35.2 Å². The third-order valence-corrected chi connectivity index (χ3v) is 8.39. The molecule has 0 amide bonds. The molecule has 0 unspecified atom stereocenters. The number of pyridine rings is 1. The van der Waals surface area contributed by atoms with Crippen LogP contribution >= 0.6 is 11.3 Å². The highest BCUT2D eigenvalue weighted by Crippen LogP contribution is 2.33. The number of aromatic nitrogens is 1. The number of carboxylic acids is 1. The molecule has 6 nitrogen and oxygen atoms in total. The first-order chi connectivity index (χ1) is 14.3. The van der Waals surface area contributed by atoms with E-state index in [0.717, 1.165) is 41.0 Å². The van der Waals surface area contributed by atoms with E-state index in [4.69, 9.17) is 0 Å². The van der Waals surface area contributed by atoms with Crippen LogP contribution in [0.25, 0.3) is 22.2 Å². The van der Waals surface area contributed by atoms with Gasteiger partial charge in [-0.05, 0) is 57.0 Å². The summed E-state index contributed by atoms with van der Waals surface area (Å²) in [6, 6.07) is 8.15. The molecule has 8 heteroatoms. The van der Waals surface area contributed by atoms with Gasteiger partial charge in [-0.2, -0.15) is 4.31 Å². The zero-order valence-electron chi connectivity index (χ0n) is 17.0. The lowest BCUT2D eigenvalue weighted by Crippen LogP contribution is -2.31. The zero-order chi connectivity index (χ0) is 21.5. The van der Waals surface area contributed by atoms with Crippen molar-refractivity contribution in [3.63, 3.8) is 0 Å². The fraction of sp³-hybridized carbons (Fsp3) is 0.364. The Hall–Kier alpha value is -2.29. The van der Waals surface area contributed by atoms with Gasteiger partial charge in [0.2, 0.25) is 10.0 Å². The molecule has 158 valence electrons. The van der Waals surface area contributed by atoms with E-state index in [2.05, 4.69) is 4.98 Å². The number of nitrogens with zero attached hydrogens (tertiary/aromatic N) is 2. The van der Waals surface area contributed by atoms with Crippen LogP contribution in [0.5, 0.6) is 0 Å². The highest BCUT2D eigenvalue weighted by Gasteiger charge is 2.26. The van der Waals surface area contributed by atoms with Crippen LogP contribution in [0.2, 0.25) is 0 Å². The van der Waals surface area contributed by atoms with Crippen molar-refractivity contribution in [1.82, 2.24) is 9.29 Å². The molecule has 0 aliphatic carbocycles. The predicted octanol–water partition coefficient (Wildman–Crippen LogP) is 4.84. The Labute approximate surface area is 180 Å². The maximum Gasteiger partial charge on any atom is 0.336 e. The lowest BCUT2D eigenvalue weighted by atomic mass is 10.0. The molecule has 1 aromatic carbocycles. The molecule has 0 spiro atoms. The molecule has 1 aliphatic heterocycles. The van der Waals surface area contributed by atoms with E-state index in [1.165, 1.54) is 16.4 Å². The monoisotopic (exact) mass is 444 g/mol. The van der Waals surface area contributed by atoms with Crippen LogP contribution in [-0.4, -0.2) is 41.9 Å².